The molecule has 0 radical (unpaired) electrons. The normalized spacial score (nSPS) is 27.5. The zero-order valence-electron chi connectivity index (χ0n) is 18.8. The monoisotopic (exact) mass is 526 g/mol. The summed E-state index contributed by atoms with van der Waals surface area (Å²) in [7, 11) is 0. The number of fused-ring (bicyclic) bond motifs is 3. The van der Waals surface area contributed by atoms with Crippen molar-refractivity contribution in [2.24, 2.45) is 5.41 Å². The molecule has 2 aromatic carbocycles. The molecule has 0 bridgehead atoms. The first-order valence-electron chi connectivity index (χ1n) is 11.3. The molecule has 3 aliphatic rings. The number of hydrogen-bond acceptors (Lipinski definition) is 4. The predicted octanol–water partition coefficient (Wildman–Crippen LogP) is 5.10. The van der Waals surface area contributed by atoms with Crippen LogP contribution in [0.2, 0.25) is 10.0 Å². The summed E-state index contributed by atoms with van der Waals surface area (Å²) < 4.78 is 48.9. The van der Waals surface area contributed by atoms with Crippen molar-refractivity contribution in [3.63, 3.8) is 0 Å². The summed E-state index contributed by atoms with van der Waals surface area (Å²) in [6.07, 6.45) is -0.145. The molecule has 1 amide bonds. The lowest BCUT2D eigenvalue weighted by Gasteiger charge is -2.59. The second-order valence-corrected chi connectivity index (χ2v) is 10.5. The van der Waals surface area contributed by atoms with E-state index in [1.807, 2.05) is 0 Å². The number of nitrogens with one attached hydrogen (secondary N) is 2. The third-order valence-corrected chi connectivity index (χ3v) is 8.30. The summed E-state index contributed by atoms with van der Waals surface area (Å²) >= 11 is 12.3. The third-order valence-electron chi connectivity index (χ3n) is 7.78. The molecule has 10 heteroatoms. The number of anilines is 1. The van der Waals surface area contributed by atoms with Crippen LogP contribution in [0.3, 0.4) is 0 Å². The van der Waals surface area contributed by atoms with Gasteiger partial charge < -0.3 is 10.1 Å². The van der Waals surface area contributed by atoms with Crippen LogP contribution in [0.15, 0.2) is 36.4 Å². The zero-order chi connectivity index (χ0) is 25.2. The molecule has 2 heterocycles. The van der Waals surface area contributed by atoms with Crippen molar-refractivity contribution in [3.8, 4) is 0 Å². The van der Waals surface area contributed by atoms with Crippen LogP contribution in [-0.4, -0.2) is 43.4 Å². The van der Waals surface area contributed by atoms with Crippen molar-refractivity contribution in [1.29, 1.82) is 0 Å². The van der Waals surface area contributed by atoms with Gasteiger partial charge in [-0.3, -0.25) is 23.7 Å². The molecule has 2 N–H and O–H groups in total. The largest absolute Gasteiger partial charge is 0.465 e. The number of halogens is 5. The van der Waals surface area contributed by atoms with Gasteiger partial charge in [0.25, 0.3) is 0 Å². The molecule has 5 nitrogen and oxygen atoms in total. The quantitative estimate of drug-likeness (QED) is 0.532. The molecule has 2 aromatic rings. The van der Waals surface area contributed by atoms with Crippen molar-refractivity contribution in [2.45, 2.75) is 42.7 Å². The van der Waals surface area contributed by atoms with Gasteiger partial charge in [0, 0.05) is 27.6 Å². The Balaban J connectivity index is 1.81. The number of benzene rings is 2. The molecule has 0 unspecified atom stereocenters. The number of amides is 1. The average Bonchev–Trinajstić information content (AvgIpc) is 3.27. The van der Waals surface area contributed by atoms with Crippen LogP contribution in [0.5, 0.6) is 0 Å². The molecule has 2 aliphatic heterocycles. The molecule has 1 aliphatic carbocycles. The Kier molecular flexibility index (Phi) is 5.85. The van der Waals surface area contributed by atoms with Gasteiger partial charge in [0.1, 0.15) is 17.3 Å². The van der Waals surface area contributed by atoms with E-state index in [-0.39, 0.29) is 30.0 Å². The summed E-state index contributed by atoms with van der Waals surface area (Å²) in [4.78, 5) is 27.2. The standard InChI is InChI=1S/C25H23Cl2F3N2O3/c1-2-35-21(33)20-18(14-4-3-5-16(27)19(14)30)25(24(32-20)9-23(10-24,11-28)12-29)15-7-6-13(26)8-17(15)31-22(25)34/h3-8,18,20,32H,2,9-12H2,1H3,(H,31,34)/t18-,20+,25+/m0/s1. The maximum atomic E-state index is 15.6. The van der Waals surface area contributed by atoms with Crippen LogP contribution < -0.4 is 10.6 Å². The predicted molar refractivity (Wildman–Crippen MR) is 126 cm³/mol. The minimum atomic E-state index is -1.58. The van der Waals surface area contributed by atoms with E-state index >= 15 is 4.39 Å². The molecular formula is C25H23Cl2F3N2O3. The first-order valence-corrected chi connectivity index (χ1v) is 12.1. The summed E-state index contributed by atoms with van der Waals surface area (Å²) in [5.74, 6) is -3.09. The first kappa shape index (κ1) is 24.4. The molecule has 1 saturated heterocycles. The fourth-order valence-corrected chi connectivity index (χ4v) is 6.92. The van der Waals surface area contributed by atoms with Crippen molar-refractivity contribution >= 4 is 40.8 Å². The molecular weight excluding hydrogens is 504 g/mol. The Morgan fingerprint density at radius 1 is 1.17 bits per heavy atom. The molecule has 0 aromatic heterocycles. The van der Waals surface area contributed by atoms with Crippen LogP contribution in [-0.2, 0) is 19.7 Å². The molecule has 35 heavy (non-hydrogen) atoms. The van der Waals surface area contributed by atoms with Gasteiger partial charge in [0.05, 0.1) is 25.0 Å². The number of alkyl halides is 2. The van der Waals surface area contributed by atoms with Crippen molar-refractivity contribution in [3.05, 3.63) is 63.4 Å². The van der Waals surface area contributed by atoms with Crippen LogP contribution in [0, 0.1) is 11.2 Å². The Labute approximate surface area is 210 Å². The van der Waals surface area contributed by atoms with Crippen molar-refractivity contribution in [2.75, 3.05) is 25.3 Å². The summed E-state index contributed by atoms with van der Waals surface area (Å²) in [5, 5.41) is 6.23. The highest BCUT2D eigenvalue weighted by molar-refractivity contribution is 6.31. The van der Waals surface area contributed by atoms with Gasteiger partial charge in [-0.2, -0.15) is 0 Å². The highest BCUT2D eigenvalue weighted by Crippen LogP contribution is 2.68. The number of carbonyl (C=O) groups is 2. The van der Waals surface area contributed by atoms with E-state index in [9.17, 15) is 18.4 Å². The zero-order valence-corrected chi connectivity index (χ0v) is 20.3. The van der Waals surface area contributed by atoms with Gasteiger partial charge in [-0.05, 0) is 49.1 Å². The topological polar surface area (TPSA) is 67.4 Å². The van der Waals surface area contributed by atoms with E-state index in [2.05, 4.69) is 10.6 Å². The highest BCUT2D eigenvalue weighted by Gasteiger charge is 2.78. The number of carbonyl (C=O) groups excluding carboxylic acids is 2. The van der Waals surface area contributed by atoms with Gasteiger partial charge in [0.15, 0.2) is 0 Å². The average molecular weight is 527 g/mol. The van der Waals surface area contributed by atoms with Gasteiger partial charge in [0.2, 0.25) is 5.91 Å². The fraction of sp³-hybridized carbons (Fsp3) is 0.440. The maximum Gasteiger partial charge on any atom is 0.323 e. The Morgan fingerprint density at radius 2 is 1.89 bits per heavy atom. The second kappa shape index (κ2) is 8.39. The number of rotatable bonds is 5. The van der Waals surface area contributed by atoms with E-state index in [0.29, 0.717) is 16.3 Å². The second-order valence-electron chi connectivity index (χ2n) is 9.65. The minimum Gasteiger partial charge on any atom is -0.465 e. The SMILES string of the molecule is CCOC(=O)[C@@H]1NC2(CC(CF)(CF)C2)[C@@]2(C(=O)Nc3cc(Cl)ccc32)[C@H]1c1cccc(Cl)c1F. The number of ether oxygens (including phenoxy) is 1. The lowest BCUT2D eigenvalue weighted by molar-refractivity contribution is -0.146. The van der Waals surface area contributed by atoms with Crippen LogP contribution in [0.4, 0.5) is 18.9 Å². The summed E-state index contributed by atoms with van der Waals surface area (Å²) in [6, 6.07) is 8.00. The fourth-order valence-electron chi connectivity index (χ4n) is 6.57. The van der Waals surface area contributed by atoms with Crippen LogP contribution >= 0.6 is 23.2 Å². The van der Waals surface area contributed by atoms with Gasteiger partial charge in [-0.25, -0.2) is 4.39 Å². The van der Waals surface area contributed by atoms with Crippen LogP contribution in [0.1, 0.15) is 36.8 Å². The number of esters is 1. The molecule has 186 valence electrons. The van der Waals surface area contributed by atoms with Gasteiger partial charge in [-0.15, -0.1) is 0 Å². The first-order chi connectivity index (χ1) is 16.7. The van der Waals surface area contributed by atoms with E-state index in [4.69, 9.17) is 27.9 Å². The van der Waals surface area contributed by atoms with Gasteiger partial charge >= 0.3 is 5.97 Å². The van der Waals surface area contributed by atoms with Crippen LogP contribution in [0.25, 0.3) is 0 Å². The molecule has 1 saturated carbocycles. The van der Waals surface area contributed by atoms with Crippen molar-refractivity contribution in [1.82, 2.24) is 5.32 Å². The Hall–Kier alpha value is -2.29. The minimum absolute atomic E-state index is 0.0378. The lowest BCUT2D eigenvalue weighted by Crippen LogP contribution is -2.70. The number of hydrogen-bond donors (Lipinski definition) is 2. The van der Waals surface area contributed by atoms with E-state index < -0.39 is 59.4 Å². The van der Waals surface area contributed by atoms with E-state index in [1.54, 1.807) is 25.1 Å². The smallest absolute Gasteiger partial charge is 0.323 e. The highest BCUT2D eigenvalue weighted by atomic mass is 35.5. The van der Waals surface area contributed by atoms with E-state index in [1.165, 1.54) is 18.2 Å². The maximum absolute atomic E-state index is 15.6. The summed E-state index contributed by atoms with van der Waals surface area (Å²) in [5.41, 5.74) is -3.22. The molecule has 2 spiro atoms. The summed E-state index contributed by atoms with van der Waals surface area (Å²) in [6.45, 7) is -0.177. The Bertz CT molecular complexity index is 1210. The van der Waals surface area contributed by atoms with Gasteiger partial charge in [-0.1, -0.05) is 41.4 Å². The van der Waals surface area contributed by atoms with E-state index in [0.717, 1.165) is 0 Å². The lowest BCUT2D eigenvalue weighted by atomic mass is 9.46. The molecule has 5 rings (SSSR count). The molecule has 2 fully saturated rings. The third kappa shape index (κ3) is 3.19. The molecule has 3 atom stereocenters. The Morgan fingerprint density at radius 3 is 2.54 bits per heavy atom. The van der Waals surface area contributed by atoms with Crippen molar-refractivity contribution < 1.29 is 27.5 Å².